The van der Waals surface area contributed by atoms with Gasteiger partial charge in [0.2, 0.25) is 0 Å². The number of hydrazine groups is 2. The molecule has 0 unspecified atom stereocenters. The predicted molar refractivity (Wildman–Crippen MR) is 144 cm³/mol. The molecule has 0 aromatic heterocycles. The molecule has 4 rings (SSSR count). The first-order valence-corrected chi connectivity index (χ1v) is 13.4. The molecular formula is C28H32ClF3N4O4. The van der Waals surface area contributed by atoms with Crippen molar-refractivity contribution in [3.8, 4) is 0 Å². The fourth-order valence-electron chi connectivity index (χ4n) is 5.66. The van der Waals surface area contributed by atoms with E-state index in [1.807, 2.05) is 17.1 Å². The first-order valence-electron chi connectivity index (χ1n) is 13.0. The quantitative estimate of drug-likeness (QED) is 0.415. The van der Waals surface area contributed by atoms with Crippen LogP contribution < -0.4 is 15.9 Å². The van der Waals surface area contributed by atoms with Crippen LogP contribution >= 0.6 is 11.6 Å². The molecule has 1 amide bonds. The zero-order chi connectivity index (χ0) is 29.4. The number of amides is 1. The Kier molecular flexibility index (Phi) is 8.49. The van der Waals surface area contributed by atoms with E-state index < -0.39 is 29.7 Å². The van der Waals surface area contributed by atoms with E-state index in [9.17, 15) is 32.7 Å². The van der Waals surface area contributed by atoms with E-state index in [0.29, 0.717) is 32.2 Å². The summed E-state index contributed by atoms with van der Waals surface area (Å²) in [6.45, 7) is 4.25. The van der Waals surface area contributed by atoms with E-state index in [2.05, 4.69) is 10.9 Å². The molecule has 2 fully saturated rings. The smallest absolute Gasteiger partial charge is 0.416 e. The normalized spacial score (nSPS) is 22.5. The van der Waals surface area contributed by atoms with Gasteiger partial charge in [0.1, 0.15) is 0 Å². The van der Waals surface area contributed by atoms with Crippen LogP contribution in [0.5, 0.6) is 0 Å². The molecule has 2 aliphatic rings. The van der Waals surface area contributed by atoms with Crippen molar-refractivity contribution in [3.63, 3.8) is 0 Å². The summed E-state index contributed by atoms with van der Waals surface area (Å²) >= 11 is 5.85. The average molecular weight is 581 g/mol. The number of ketones is 1. The van der Waals surface area contributed by atoms with E-state index in [-0.39, 0.29) is 39.3 Å². The van der Waals surface area contributed by atoms with Gasteiger partial charge in [-0.1, -0.05) is 25.4 Å². The molecule has 40 heavy (non-hydrogen) atoms. The largest absolute Gasteiger partial charge is 0.478 e. The zero-order valence-corrected chi connectivity index (χ0v) is 23.1. The number of benzene rings is 2. The number of aromatic carboxylic acids is 1. The summed E-state index contributed by atoms with van der Waals surface area (Å²) in [7, 11) is 1.91. The van der Waals surface area contributed by atoms with Crippen LogP contribution in [0.3, 0.4) is 0 Å². The molecule has 1 aliphatic carbocycles. The number of nitrogens with zero attached hydrogens (tertiary/aromatic N) is 2. The molecule has 2 aromatic rings. The molecule has 1 spiro atoms. The molecule has 0 bridgehead atoms. The highest BCUT2D eigenvalue weighted by Gasteiger charge is 2.48. The second kappa shape index (κ2) is 11.4. The number of carbonyl (C=O) groups is 3. The lowest BCUT2D eigenvalue weighted by atomic mass is 9.72. The molecule has 0 radical (unpaired) electrons. The number of carbonyl (C=O) groups excluding carboxylic acids is 2. The first kappa shape index (κ1) is 29.8. The summed E-state index contributed by atoms with van der Waals surface area (Å²) in [5, 5.41) is 15.6. The Hall–Kier alpha value is -3.15. The highest BCUT2D eigenvalue weighted by atomic mass is 35.5. The van der Waals surface area contributed by atoms with Crippen LogP contribution in [0.1, 0.15) is 65.8 Å². The van der Waals surface area contributed by atoms with Gasteiger partial charge >= 0.3 is 12.1 Å². The van der Waals surface area contributed by atoms with E-state index in [0.717, 1.165) is 23.9 Å². The maximum absolute atomic E-state index is 13.6. The van der Waals surface area contributed by atoms with Crippen molar-refractivity contribution in [2.24, 2.45) is 11.8 Å². The Morgan fingerprint density at radius 2 is 1.70 bits per heavy atom. The van der Waals surface area contributed by atoms with Crippen molar-refractivity contribution in [2.45, 2.75) is 57.3 Å². The van der Waals surface area contributed by atoms with Crippen molar-refractivity contribution in [1.29, 1.82) is 0 Å². The summed E-state index contributed by atoms with van der Waals surface area (Å²) < 4.78 is 39.7. The molecule has 12 heteroatoms. The lowest BCUT2D eigenvalue weighted by molar-refractivity contribution is -0.137. The molecule has 3 N–H and O–H groups in total. The molecule has 1 saturated carbocycles. The number of hydrogen-bond acceptors (Lipinski definition) is 6. The van der Waals surface area contributed by atoms with Crippen LogP contribution in [0.4, 0.5) is 18.9 Å². The summed E-state index contributed by atoms with van der Waals surface area (Å²) in [6.07, 6.45) is -2.20. The number of anilines is 1. The molecule has 1 saturated heterocycles. The fourth-order valence-corrected chi connectivity index (χ4v) is 5.89. The third-order valence-electron chi connectivity index (χ3n) is 7.71. The Bertz CT molecular complexity index is 1280. The van der Waals surface area contributed by atoms with E-state index in [1.165, 1.54) is 0 Å². The van der Waals surface area contributed by atoms with Crippen LogP contribution in [0.25, 0.3) is 0 Å². The van der Waals surface area contributed by atoms with Crippen LogP contribution in [-0.4, -0.2) is 52.9 Å². The minimum atomic E-state index is -4.67. The Labute approximate surface area is 235 Å². The van der Waals surface area contributed by atoms with E-state index >= 15 is 0 Å². The van der Waals surface area contributed by atoms with Crippen LogP contribution in [-0.2, 0) is 11.0 Å². The van der Waals surface area contributed by atoms with Gasteiger partial charge in [-0.25, -0.2) is 9.80 Å². The van der Waals surface area contributed by atoms with Gasteiger partial charge in [0, 0.05) is 30.1 Å². The summed E-state index contributed by atoms with van der Waals surface area (Å²) in [6, 6.07) is 8.36. The minimum Gasteiger partial charge on any atom is -0.478 e. The highest BCUT2D eigenvalue weighted by molar-refractivity contribution is 6.31. The van der Waals surface area contributed by atoms with Gasteiger partial charge < -0.3 is 10.4 Å². The topological polar surface area (TPSA) is 102 Å². The van der Waals surface area contributed by atoms with Gasteiger partial charge in [0.25, 0.3) is 5.91 Å². The van der Waals surface area contributed by atoms with Gasteiger partial charge in [0.05, 0.1) is 28.4 Å². The lowest BCUT2D eigenvalue weighted by Gasteiger charge is -2.43. The number of carboxylic acids is 1. The number of Topliss-reactive ketones (excluding diaryl/α,β-unsaturated/α-hetero) is 1. The minimum absolute atomic E-state index is 0.145. The zero-order valence-electron chi connectivity index (χ0n) is 22.4. The molecule has 1 aliphatic heterocycles. The average Bonchev–Trinajstić information content (AvgIpc) is 3.21. The van der Waals surface area contributed by atoms with Crippen molar-refractivity contribution in [1.82, 2.24) is 15.9 Å². The molecular weight excluding hydrogens is 549 g/mol. The Morgan fingerprint density at radius 1 is 1.07 bits per heavy atom. The molecule has 2 aromatic carbocycles. The van der Waals surface area contributed by atoms with E-state index in [1.54, 1.807) is 38.1 Å². The van der Waals surface area contributed by atoms with Crippen LogP contribution in [0.2, 0.25) is 5.02 Å². The summed E-state index contributed by atoms with van der Waals surface area (Å²) in [5.74, 6) is -2.55. The molecule has 216 valence electrons. The van der Waals surface area contributed by atoms with Crippen molar-refractivity contribution >= 4 is 34.9 Å². The van der Waals surface area contributed by atoms with Crippen molar-refractivity contribution in [2.75, 3.05) is 18.6 Å². The van der Waals surface area contributed by atoms with Gasteiger partial charge in [0.15, 0.2) is 5.78 Å². The Morgan fingerprint density at radius 3 is 2.25 bits per heavy atom. The SMILES string of the molecule is CC(C)[C@@H](NC(=O)c1cc(Cl)cc(C(F)(F)F)c1)C(=O)C1CCC2(CC1)CN(C)NN2c1ccc(C(=O)O)cc1. The first-order chi connectivity index (χ1) is 18.7. The van der Waals surface area contributed by atoms with Gasteiger partial charge in [-0.15, -0.1) is 0 Å². The number of halogens is 4. The molecule has 1 heterocycles. The van der Waals surface area contributed by atoms with Crippen molar-refractivity contribution < 1.29 is 32.7 Å². The number of carboxylic acid groups (broad SMARTS) is 1. The third kappa shape index (κ3) is 6.26. The summed E-state index contributed by atoms with van der Waals surface area (Å²) in [5.41, 5.74) is 2.70. The van der Waals surface area contributed by atoms with E-state index in [4.69, 9.17) is 11.6 Å². The third-order valence-corrected chi connectivity index (χ3v) is 7.93. The number of hydrogen-bond donors (Lipinski definition) is 3. The van der Waals surface area contributed by atoms with Crippen LogP contribution in [0.15, 0.2) is 42.5 Å². The number of nitrogens with one attached hydrogen (secondary N) is 2. The second-order valence-corrected chi connectivity index (χ2v) is 11.4. The molecule has 1 atom stereocenters. The summed E-state index contributed by atoms with van der Waals surface area (Å²) in [4.78, 5) is 37.8. The highest BCUT2D eigenvalue weighted by Crippen LogP contribution is 2.42. The van der Waals surface area contributed by atoms with Gasteiger partial charge in [-0.3, -0.25) is 14.6 Å². The maximum Gasteiger partial charge on any atom is 0.416 e. The predicted octanol–water partition coefficient (Wildman–Crippen LogP) is 5.18. The standard InChI is InChI=1S/C28H32ClF3N4O4/c1-16(2)23(33-25(38)19-12-20(28(30,31)32)14-21(29)13-19)24(37)17-8-10-27(11-9-17)15-35(3)34-36(27)22-6-4-18(5-7-22)26(39)40/h4-7,12-14,16-17,23,34H,8-11,15H2,1-3H3,(H,33,38)(H,39,40)/t17?,23-,27?/m1/s1. The second-order valence-electron chi connectivity index (χ2n) is 11.0. The van der Waals surface area contributed by atoms with Gasteiger partial charge in [-0.05, 0) is 74.1 Å². The lowest BCUT2D eigenvalue weighted by Crippen LogP contribution is -2.54. The number of alkyl halides is 3. The molecule has 8 nitrogen and oxygen atoms in total. The Balaban J connectivity index is 1.47. The number of likely N-dealkylation sites (N-methyl/N-ethyl adjacent to an activating group) is 1. The monoisotopic (exact) mass is 580 g/mol. The number of rotatable bonds is 7. The van der Waals surface area contributed by atoms with Gasteiger partial charge in [-0.2, -0.15) is 18.7 Å². The van der Waals surface area contributed by atoms with Crippen molar-refractivity contribution in [3.05, 3.63) is 64.2 Å². The fraction of sp³-hybridized carbons (Fsp3) is 0.464. The maximum atomic E-state index is 13.6. The van der Waals surface area contributed by atoms with Crippen LogP contribution in [0, 0.1) is 11.8 Å².